The predicted octanol–water partition coefficient (Wildman–Crippen LogP) is -0.461. The van der Waals surface area contributed by atoms with Gasteiger partial charge in [0.1, 0.15) is 4.90 Å². The summed E-state index contributed by atoms with van der Waals surface area (Å²) in [5.41, 5.74) is 4.98. The molecule has 0 radical (unpaired) electrons. The summed E-state index contributed by atoms with van der Waals surface area (Å²) in [4.78, 5) is 20.5. The lowest BCUT2D eigenvalue weighted by Gasteiger charge is -2.07. The van der Waals surface area contributed by atoms with Gasteiger partial charge in [-0.25, -0.2) is 4.79 Å². The Bertz CT molecular complexity index is 580. The first-order valence-corrected chi connectivity index (χ1v) is 5.57. The smallest absolute Gasteiger partial charge is 0.394 e. The average molecular weight is 260 g/mol. The highest BCUT2D eigenvalue weighted by atomic mass is 32.2. The van der Waals surface area contributed by atoms with Crippen molar-refractivity contribution in [2.75, 3.05) is 11.1 Å². The van der Waals surface area contributed by atoms with Crippen LogP contribution in [0.15, 0.2) is 23.1 Å². The number of carbonyl (C=O) groups is 2. The molecule has 0 aromatic heterocycles. The molecule has 1 amide bonds. The highest BCUT2D eigenvalue weighted by molar-refractivity contribution is 7.86. The number of anilines is 2. The Hall–Kier alpha value is -2.13. The van der Waals surface area contributed by atoms with E-state index >= 15 is 0 Å². The van der Waals surface area contributed by atoms with Crippen molar-refractivity contribution < 1.29 is 27.7 Å². The van der Waals surface area contributed by atoms with Crippen molar-refractivity contribution in [1.82, 2.24) is 0 Å². The zero-order chi connectivity index (χ0) is 13.2. The van der Waals surface area contributed by atoms with Crippen LogP contribution in [0.25, 0.3) is 0 Å². The highest BCUT2D eigenvalue weighted by Crippen LogP contribution is 2.23. The van der Waals surface area contributed by atoms with Gasteiger partial charge in [0.05, 0.1) is 5.69 Å². The standard InChI is InChI=1S/C8H8N2O6S/c9-4-1-2-5(10-7(11)8(12)13)6(3-4)17(14,15)16/h1-3H,9H2,(H,10,11)(H,12,13)(H,14,15,16). The molecule has 9 heteroatoms. The van der Waals surface area contributed by atoms with Crippen LogP contribution in [-0.4, -0.2) is 30.0 Å². The minimum absolute atomic E-state index is 0.0333. The summed E-state index contributed by atoms with van der Waals surface area (Å²) in [7, 11) is -4.61. The van der Waals surface area contributed by atoms with Gasteiger partial charge in [-0.2, -0.15) is 8.42 Å². The van der Waals surface area contributed by atoms with Gasteiger partial charge in [-0.3, -0.25) is 9.35 Å². The molecule has 1 rings (SSSR count). The number of nitrogens with one attached hydrogen (secondary N) is 1. The molecule has 0 saturated carbocycles. The van der Waals surface area contributed by atoms with Crippen LogP contribution in [0.5, 0.6) is 0 Å². The third-order valence-corrected chi connectivity index (χ3v) is 2.62. The van der Waals surface area contributed by atoms with Gasteiger partial charge in [0, 0.05) is 5.69 Å². The van der Waals surface area contributed by atoms with E-state index in [4.69, 9.17) is 15.4 Å². The van der Waals surface area contributed by atoms with Crippen LogP contribution in [-0.2, 0) is 19.7 Å². The fraction of sp³-hybridized carbons (Fsp3) is 0. The molecule has 1 aromatic carbocycles. The van der Waals surface area contributed by atoms with E-state index < -0.39 is 26.9 Å². The summed E-state index contributed by atoms with van der Waals surface area (Å²) in [5, 5.41) is 10.2. The SMILES string of the molecule is Nc1ccc(NC(=O)C(=O)O)c(S(=O)(=O)O)c1. The van der Waals surface area contributed by atoms with Crippen molar-refractivity contribution in [3.05, 3.63) is 18.2 Å². The number of carbonyl (C=O) groups excluding carboxylic acids is 1. The monoisotopic (exact) mass is 260 g/mol. The molecule has 8 nitrogen and oxygen atoms in total. The Labute approximate surface area is 95.8 Å². The summed E-state index contributed by atoms with van der Waals surface area (Å²) in [6, 6.07) is 3.21. The van der Waals surface area contributed by atoms with Gasteiger partial charge in [0.15, 0.2) is 0 Å². The van der Waals surface area contributed by atoms with E-state index in [1.54, 1.807) is 0 Å². The Morgan fingerprint density at radius 2 is 1.88 bits per heavy atom. The quantitative estimate of drug-likeness (QED) is 0.319. The third kappa shape index (κ3) is 3.16. The third-order valence-electron chi connectivity index (χ3n) is 1.73. The zero-order valence-corrected chi connectivity index (χ0v) is 9.06. The first-order chi connectivity index (χ1) is 7.71. The molecule has 92 valence electrons. The summed E-state index contributed by atoms with van der Waals surface area (Å²) >= 11 is 0. The van der Waals surface area contributed by atoms with Crippen LogP contribution in [0.3, 0.4) is 0 Å². The van der Waals surface area contributed by atoms with Gasteiger partial charge in [-0.1, -0.05) is 0 Å². The molecule has 0 fully saturated rings. The number of hydrogen-bond acceptors (Lipinski definition) is 5. The van der Waals surface area contributed by atoms with Crippen molar-refractivity contribution in [1.29, 1.82) is 0 Å². The topological polar surface area (TPSA) is 147 Å². The molecule has 0 heterocycles. The molecule has 0 spiro atoms. The maximum absolute atomic E-state index is 11.0. The molecule has 0 atom stereocenters. The maximum Gasteiger partial charge on any atom is 0.394 e. The van der Waals surface area contributed by atoms with Crippen LogP contribution >= 0.6 is 0 Å². The van der Waals surface area contributed by atoms with Gasteiger partial charge >= 0.3 is 11.9 Å². The second-order valence-corrected chi connectivity index (χ2v) is 4.38. The van der Waals surface area contributed by atoms with Crippen molar-refractivity contribution in [2.24, 2.45) is 0 Å². The van der Waals surface area contributed by atoms with E-state index in [1.807, 2.05) is 5.32 Å². The molecule has 17 heavy (non-hydrogen) atoms. The molecule has 0 aliphatic rings. The molecule has 0 bridgehead atoms. The van der Waals surface area contributed by atoms with Gasteiger partial charge < -0.3 is 16.2 Å². The first kappa shape index (κ1) is 12.9. The molecular weight excluding hydrogens is 252 g/mol. The van der Waals surface area contributed by atoms with Gasteiger partial charge in [-0.15, -0.1) is 0 Å². The maximum atomic E-state index is 11.0. The highest BCUT2D eigenvalue weighted by Gasteiger charge is 2.19. The number of hydrogen-bond donors (Lipinski definition) is 4. The number of carboxylic acids is 1. The van der Waals surface area contributed by atoms with Crippen LogP contribution in [0.4, 0.5) is 11.4 Å². The second-order valence-electron chi connectivity index (χ2n) is 2.99. The minimum atomic E-state index is -4.61. The Morgan fingerprint density at radius 3 is 2.35 bits per heavy atom. The fourth-order valence-electron chi connectivity index (χ4n) is 1.03. The zero-order valence-electron chi connectivity index (χ0n) is 8.25. The fourth-order valence-corrected chi connectivity index (χ4v) is 1.71. The Balaban J connectivity index is 3.26. The summed E-state index contributed by atoms with van der Waals surface area (Å²) in [5.74, 6) is -3.22. The molecule has 0 saturated heterocycles. The normalized spacial score (nSPS) is 10.9. The van der Waals surface area contributed by atoms with Crippen molar-refractivity contribution in [3.63, 3.8) is 0 Å². The summed E-state index contributed by atoms with van der Waals surface area (Å²) < 4.78 is 30.8. The number of rotatable bonds is 2. The van der Waals surface area contributed by atoms with E-state index in [2.05, 4.69) is 0 Å². The van der Waals surface area contributed by atoms with Gasteiger partial charge in [0.2, 0.25) is 0 Å². The van der Waals surface area contributed by atoms with Crippen LogP contribution < -0.4 is 11.1 Å². The van der Waals surface area contributed by atoms with Crippen LogP contribution in [0, 0.1) is 0 Å². The van der Waals surface area contributed by atoms with Gasteiger partial charge in [0.25, 0.3) is 10.1 Å². The first-order valence-electron chi connectivity index (χ1n) is 4.13. The van der Waals surface area contributed by atoms with E-state index in [0.717, 1.165) is 12.1 Å². The number of carboxylic acid groups (broad SMARTS) is 1. The summed E-state index contributed by atoms with van der Waals surface area (Å²) in [6.45, 7) is 0. The van der Waals surface area contributed by atoms with Crippen molar-refractivity contribution in [3.8, 4) is 0 Å². The average Bonchev–Trinajstić information content (AvgIpc) is 2.18. The molecule has 0 aliphatic carbocycles. The molecule has 0 aliphatic heterocycles. The lowest BCUT2D eigenvalue weighted by Crippen LogP contribution is -2.23. The molecule has 5 N–H and O–H groups in total. The number of nitrogen functional groups attached to an aromatic ring is 1. The largest absolute Gasteiger partial charge is 0.474 e. The summed E-state index contributed by atoms with van der Waals surface area (Å²) in [6.07, 6.45) is 0. The Morgan fingerprint density at radius 1 is 1.29 bits per heavy atom. The van der Waals surface area contributed by atoms with E-state index in [9.17, 15) is 18.0 Å². The molecular formula is C8H8N2O6S. The minimum Gasteiger partial charge on any atom is -0.474 e. The van der Waals surface area contributed by atoms with Crippen molar-refractivity contribution in [2.45, 2.75) is 4.90 Å². The van der Waals surface area contributed by atoms with E-state index in [-0.39, 0.29) is 11.4 Å². The van der Waals surface area contributed by atoms with Crippen LogP contribution in [0.1, 0.15) is 0 Å². The van der Waals surface area contributed by atoms with E-state index in [1.165, 1.54) is 6.07 Å². The Kier molecular flexibility index (Phi) is 3.34. The number of nitrogens with two attached hydrogens (primary N) is 1. The number of aliphatic carboxylic acids is 1. The lowest BCUT2D eigenvalue weighted by atomic mass is 10.3. The van der Waals surface area contributed by atoms with Gasteiger partial charge in [-0.05, 0) is 18.2 Å². The molecule has 0 unspecified atom stereocenters. The second kappa shape index (κ2) is 4.39. The lowest BCUT2D eigenvalue weighted by molar-refractivity contribution is -0.147. The van der Waals surface area contributed by atoms with E-state index in [0.29, 0.717) is 0 Å². The predicted molar refractivity (Wildman–Crippen MR) is 56.9 cm³/mol. The van der Waals surface area contributed by atoms with Crippen molar-refractivity contribution >= 4 is 33.4 Å². The number of amides is 1. The van der Waals surface area contributed by atoms with Crippen LogP contribution in [0.2, 0.25) is 0 Å². The molecule has 1 aromatic rings. The number of benzene rings is 1.